The molecule has 1 aliphatic rings. The van der Waals surface area contributed by atoms with E-state index < -0.39 is 0 Å². The van der Waals surface area contributed by atoms with Crippen molar-refractivity contribution in [2.45, 2.75) is 26.2 Å². The average Bonchev–Trinajstić information content (AvgIpc) is 3.20. The van der Waals surface area contributed by atoms with Crippen LogP contribution >= 0.6 is 0 Å². The predicted octanol–water partition coefficient (Wildman–Crippen LogP) is 3.21. The maximum atomic E-state index is 12.9. The molecule has 5 heteroatoms. The van der Waals surface area contributed by atoms with Gasteiger partial charge in [-0.15, -0.1) is 0 Å². The van der Waals surface area contributed by atoms with E-state index in [0.717, 1.165) is 25.2 Å². The third kappa shape index (κ3) is 2.69. The maximum absolute atomic E-state index is 12.9. The summed E-state index contributed by atoms with van der Waals surface area (Å²) in [6.45, 7) is 5.24. The highest BCUT2D eigenvalue weighted by Gasteiger charge is 2.30. The molecule has 0 bridgehead atoms. The summed E-state index contributed by atoms with van der Waals surface area (Å²) in [5.74, 6) is 1.12. The van der Waals surface area contributed by atoms with Gasteiger partial charge in [0.05, 0.1) is 11.3 Å². The smallest absolute Gasteiger partial charge is 0.257 e. The Morgan fingerprint density at radius 2 is 2.04 bits per heavy atom. The highest BCUT2D eigenvalue weighted by atomic mass is 16.2. The maximum Gasteiger partial charge on any atom is 0.257 e. The first-order valence-electron chi connectivity index (χ1n) is 8.68. The van der Waals surface area contributed by atoms with Gasteiger partial charge in [-0.2, -0.15) is 0 Å². The molecule has 4 rings (SSSR count). The number of aromatic nitrogens is 3. The van der Waals surface area contributed by atoms with Gasteiger partial charge in [0, 0.05) is 49.4 Å². The normalized spacial score (nSPS) is 17.4. The molecule has 0 N–H and O–H groups in total. The van der Waals surface area contributed by atoms with Crippen molar-refractivity contribution in [1.82, 2.24) is 19.4 Å². The van der Waals surface area contributed by atoms with Crippen molar-refractivity contribution >= 4 is 16.8 Å². The summed E-state index contributed by atoms with van der Waals surface area (Å²) in [5.41, 5.74) is 3.95. The fraction of sp³-hybridized carbons (Fsp3) is 0.350. The van der Waals surface area contributed by atoms with Crippen molar-refractivity contribution in [1.29, 1.82) is 0 Å². The summed E-state index contributed by atoms with van der Waals surface area (Å²) in [6.07, 6.45) is 4.86. The van der Waals surface area contributed by atoms with Crippen LogP contribution in [0.1, 0.15) is 39.8 Å². The summed E-state index contributed by atoms with van der Waals surface area (Å²) < 4.78 is 2.17. The molecule has 1 amide bonds. The first-order valence-corrected chi connectivity index (χ1v) is 8.68. The molecule has 25 heavy (non-hydrogen) atoms. The Balaban J connectivity index is 1.59. The fourth-order valence-corrected chi connectivity index (χ4v) is 3.86. The number of nitrogens with zero attached hydrogens (tertiary/aromatic N) is 4. The van der Waals surface area contributed by atoms with Crippen LogP contribution in [0.25, 0.3) is 10.9 Å². The van der Waals surface area contributed by atoms with E-state index in [-0.39, 0.29) is 5.91 Å². The van der Waals surface area contributed by atoms with Gasteiger partial charge in [-0.1, -0.05) is 18.2 Å². The van der Waals surface area contributed by atoms with Crippen LogP contribution < -0.4 is 0 Å². The Kier molecular flexibility index (Phi) is 3.79. The van der Waals surface area contributed by atoms with E-state index in [1.165, 1.54) is 16.5 Å². The predicted molar refractivity (Wildman–Crippen MR) is 97.7 cm³/mol. The van der Waals surface area contributed by atoms with Crippen molar-refractivity contribution in [3.05, 3.63) is 59.3 Å². The second-order valence-corrected chi connectivity index (χ2v) is 6.87. The standard InChI is InChI=1S/C20H22N4O/c1-13-17(10-21-14(2)22-13)20(25)24-9-8-15(11-24)18-12-23(3)19-7-5-4-6-16(18)19/h4-7,10,12,15H,8-9,11H2,1-3H3. The lowest BCUT2D eigenvalue weighted by Gasteiger charge is -2.17. The van der Waals surface area contributed by atoms with Crippen LogP contribution in [0.15, 0.2) is 36.7 Å². The van der Waals surface area contributed by atoms with Gasteiger partial charge in [-0.25, -0.2) is 9.97 Å². The minimum absolute atomic E-state index is 0.0419. The Hall–Kier alpha value is -2.69. The van der Waals surface area contributed by atoms with E-state index >= 15 is 0 Å². The van der Waals surface area contributed by atoms with E-state index in [2.05, 4.69) is 52.0 Å². The number of aryl methyl sites for hydroxylation is 3. The van der Waals surface area contributed by atoms with Crippen LogP contribution in [0, 0.1) is 13.8 Å². The van der Waals surface area contributed by atoms with E-state index in [0.29, 0.717) is 17.3 Å². The van der Waals surface area contributed by atoms with E-state index in [1.807, 2.05) is 18.7 Å². The molecule has 1 aliphatic heterocycles. The second kappa shape index (κ2) is 5.99. The van der Waals surface area contributed by atoms with Gasteiger partial charge in [0.15, 0.2) is 0 Å². The number of carbonyl (C=O) groups is 1. The zero-order valence-corrected chi connectivity index (χ0v) is 14.9. The number of amides is 1. The molecular weight excluding hydrogens is 312 g/mol. The van der Waals surface area contributed by atoms with Gasteiger partial charge in [0.25, 0.3) is 5.91 Å². The molecule has 2 aromatic heterocycles. The highest BCUT2D eigenvalue weighted by molar-refractivity contribution is 5.95. The summed E-state index contributed by atoms with van der Waals surface area (Å²) in [6, 6.07) is 8.46. The molecule has 0 spiro atoms. The third-order valence-electron chi connectivity index (χ3n) is 5.17. The van der Waals surface area contributed by atoms with Crippen molar-refractivity contribution in [2.75, 3.05) is 13.1 Å². The molecule has 0 saturated carbocycles. The topological polar surface area (TPSA) is 51.0 Å². The Bertz CT molecular complexity index is 959. The minimum Gasteiger partial charge on any atom is -0.350 e. The Morgan fingerprint density at radius 3 is 2.84 bits per heavy atom. The summed E-state index contributed by atoms with van der Waals surface area (Å²) >= 11 is 0. The number of hydrogen-bond acceptors (Lipinski definition) is 3. The van der Waals surface area contributed by atoms with Gasteiger partial charge in [0.2, 0.25) is 0 Å². The van der Waals surface area contributed by atoms with Crippen LogP contribution in [0.4, 0.5) is 0 Å². The number of benzene rings is 1. The van der Waals surface area contributed by atoms with Gasteiger partial charge >= 0.3 is 0 Å². The Morgan fingerprint density at radius 1 is 1.24 bits per heavy atom. The van der Waals surface area contributed by atoms with E-state index in [9.17, 15) is 4.79 Å². The van der Waals surface area contributed by atoms with Crippen LogP contribution in [-0.4, -0.2) is 38.4 Å². The molecule has 0 aliphatic carbocycles. The second-order valence-electron chi connectivity index (χ2n) is 6.87. The molecule has 1 unspecified atom stereocenters. The molecule has 5 nitrogen and oxygen atoms in total. The SMILES string of the molecule is Cc1ncc(C(=O)N2CCC(c3cn(C)c4ccccc34)C2)c(C)n1. The average molecular weight is 334 g/mol. The molecule has 3 aromatic rings. The third-order valence-corrected chi connectivity index (χ3v) is 5.17. The molecule has 1 saturated heterocycles. The zero-order chi connectivity index (χ0) is 17.6. The van der Waals surface area contributed by atoms with Crippen LogP contribution in [0.2, 0.25) is 0 Å². The number of likely N-dealkylation sites (tertiary alicyclic amines) is 1. The summed E-state index contributed by atoms with van der Waals surface area (Å²) in [4.78, 5) is 23.3. The molecule has 1 fully saturated rings. The number of rotatable bonds is 2. The quantitative estimate of drug-likeness (QED) is 0.723. The molecular formula is C20H22N4O. The van der Waals surface area contributed by atoms with Crippen LogP contribution in [-0.2, 0) is 7.05 Å². The first-order chi connectivity index (χ1) is 12.0. The van der Waals surface area contributed by atoms with Crippen LogP contribution in [0.3, 0.4) is 0 Å². The monoisotopic (exact) mass is 334 g/mol. The molecule has 1 atom stereocenters. The van der Waals surface area contributed by atoms with Crippen LogP contribution in [0.5, 0.6) is 0 Å². The fourth-order valence-electron chi connectivity index (χ4n) is 3.86. The summed E-state index contributed by atoms with van der Waals surface area (Å²) in [7, 11) is 2.08. The van der Waals surface area contributed by atoms with Crippen molar-refractivity contribution < 1.29 is 4.79 Å². The largest absolute Gasteiger partial charge is 0.350 e. The zero-order valence-electron chi connectivity index (χ0n) is 14.9. The van der Waals surface area contributed by atoms with Gasteiger partial charge in [-0.3, -0.25) is 4.79 Å². The van der Waals surface area contributed by atoms with Gasteiger partial charge in [0.1, 0.15) is 5.82 Å². The van der Waals surface area contributed by atoms with Crippen molar-refractivity contribution in [2.24, 2.45) is 7.05 Å². The molecule has 3 heterocycles. The van der Waals surface area contributed by atoms with Crippen molar-refractivity contribution in [3.63, 3.8) is 0 Å². The van der Waals surface area contributed by atoms with E-state index in [4.69, 9.17) is 0 Å². The molecule has 0 radical (unpaired) electrons. The summed E-state index contributed by atoms with van der Waals surface area (Å²) in [5, 5.41) is 1.29. The number of para-hydroxylation sites is 1. The number of hydrogen-bond donors (Lipinski definition) is 0. The Labute approximate surface area is 147 Å². The van der Waals surface area contributed by atoms with Gasteiger partial charge in [-0.05, 0) is 31.9 Å². The lowest BCUT2D eigenvalue weighted by atomic mass is 9.98. The van der Waals surface area contributed by atoms with Gasteiger partial charge < -0.3 is 9.47 Å². The first kappa shape index (κ1) is 15.8. The number of fused-ring (bicyclic) bond motifs is 1. The molecule has 1 aromatic carbocycles. The highest BCUT2D eigenvalue weighted by Crippen LogP contribution is 2.34. The van der Waals surface area contributed by atoms with E-state index in [1.54, 1.807) is 6.20 Å². The lowest BCUT2D eigenvalue weighted by Crippen LogP contribution is -2.29. The van der Waals surface area contributed by atoms with Crippen molar-refractivity contribution in [3.8, 4) is 0 Å². The number of carbonyl (C=O) groups excluding carboxylic acids is 1. The lowest BCUT2D eigenvalue weighted by molar-refractivity contribution is 0.0789. The molecule has 128 valence electrons. The minimum atomic E-state index is 0.0419.